The van der Waals surface area contributed by atoms with Crippen molar-refractivity contribution in [3.8, 4) is 0 Å². The van der Waals surface area contributed by atoms with Crippen LogP contribution in [-0.4, -0.2) is 17.3 Å². The Morgan fingerprint density at radius 3 is 2.57 bits per heavy atom. The lowest BCUT2D eigenvalue weighted by Gasteiger charge is -2.41. The maximum absolute atomic E-state index is 11.5. The van der Waals surface area contributed by atoms with Gasteiger partial charge in [0.25, 0.3) is 0 Å². The van der Waals surface area contributed by atoms with Crippen LogP contribution >= 0.6 is 11.6 Å². The van der Waals surface area contributed by atoms with Crippen LogP contribution in [0.25, 0.3) is 0 Å². The summed E-state index contributed by atoms with van der Waals surface area (Å²) < 4.78 is 0. The van der Waals surface area contributed by atoms with E-state index in [0.29, 0.717) is 12.3 Å². The topological polar surface area (TPSA) is 29.1 Å². The van der Waals surface area contributed by atoms with Gasteiger partial charge in [0, 0.05) is 12.3 Å². The van der Waals surface area contributed by atoms with Crippen LogP contribution in [0, 0.1) is 0 Å². The number of unbranched alkanes of at least 4 members (excludes halogenated alkanes) is 2. The van der Waals surface area contributed by atoms with Crippen molar-refractivity contribution in [1.82, 2.24) is 5.32 Å². The first-order valence-electron chi connectivity index (χ1n) is 5.59. The van der Waals surface area contributed by atoms with Crippen LogP contribution in [0.15, 0.2) is 0 Å². The van der Waals surface area contributed by atoms with Crippen molar-refractivity contribution in [2.75, 3.05) is 5.88 Å². The van der Waals surface area contributed by atoms with Crippen LogP contribution in [0.3, 0.4) is 0 Å². The molecule has 1 saturated carbocycles. The highest BCUT2D eigenvalue weighted by Gasteiger charge is 2.37. The molecule has 1 N–H and O–H groups in total. The standard InChI is InChI=1S/C11H20ClNO/c1-2-3-4-6-10(14)13-11(9-12)7-5-8-11/h2-9H2,1H3,(H,13,14). The zero-order valence-electron chi connectivity index (χ0n) is 8.94. The van der Waals surface area contributed by atoms with Crippen LogP contribution in [-0.2, 0) is 4.79 Å². The molecule has 0 unspecified atom stereocenters. The first kappa shape index (κ1) is 11.8. The fraction of sp³-hybridized carbons (Fsp3) is 0.909. The van der Waals surface area contributed by atoms with Gasteiger partial charge in [0.15, 0.2) is 0 Å². The molecule has 14 heavy (non-hydrogen) atoms. The molecular weight excluding hydrogens is 198 g/mol. The summed E-state index contributed by atoms with van der Waals surface area (Å²) in [6.45, 7) is 2.14. The Kier molecular flexibility index (Phi) is 4.73. The Hall–Kier alpha value is -0.240. The summed E-state index contributed by atoms with van der Waals surface area (Å²) in [5.41, 5.74) is -0.0507. The molecule has 0 spiro atoms. The smallest absolute Gasteiger partial charge is 0.220 e. The molecule has 0 aromatic rings. The number of hydrogen-bond donors (Lipinski definition) is 1. The molecule has 1 aliphatic rings. The fourth-order valence-electron chi connectivity index (χ4n) is 1.79. The van der Waals surface area contributed by atoms with E-state index in [4.69, 9.17) is 11.6 Å². The van der Waals surface area contributed by atoms with E-state index in [1.807, 2.05) is 0 Å². The zero-order valence-corrected chi connectivity index (χ0v) is 9.70. The second kappa shape index (κ2) is 5.59. The minimum Gasteiger partial charge on any atom is -0.349 e. The van der Waals surface area contributed by atoms with Gasteiger partial charge in [0.1, 0.15) is 0 Å². The van der Waals surface area contributed by atoms with Crippen molar-refractivity contribution in [1.29, 1.82) is 0 Å². The lowest BCUT2D eigenvalue weighted by molar-refractivity contribution is -0.123. The van der Waals surface area contributed by atoms with Crippen molar-refractivity contribution >= 4 is 17.5 Å². The number of nitrogens with one attached hydrogen (secondary N) is 1. The van der Waals surface area contributed by atoms with Gasteiger partial charge in [-0.05, 0) is 25.7 Å². The van der Waals surface area contributed by atoms with Gasteiger partial charge in [-0.2, -0.15) is 0 Å². The Bertz CT molecular complexity index is 184. The fourth-order valence-corrected chi connectivity index (χ4v) is 2.12. The minimum atomic E-state index is -0.0507. The summed E-state index contributed by atoms with van der Waals surface area (Å²) in [5, 5.41) is 3.07. The van der Waals surface area contributed by atoms with E-state index in [2.05, 4.69) is 12.2 Å². The Labute approximate surface area is 91.4 Å². The van der Waals surface area contributed by atoms with Crippen LogP contribution in [0.1, 0.15) is 51.9 Å². The average molecular weight is 218 g/mol. The highest BCUT2D eigenvalue weighted by molar-refractivity contribution is 6.18. The Balaban J connectivity index is 2.18. The molecule has 1 aliphatic carbocycles. The highest BCUT2D eigenvalue weighted by Crippen LogP contribution is 2.32. The van der Waals surface area contributed by atoms with Crippen molar-refractivity contribution in [3.63, 3.8) is 0 Å². The maximum atomic E-state index is 11.5. The average Bonchev–Trinajstić information content (AvgIpc) is 2.12. The molecule has 2 nitrogen and oxygen atoms in total. The summed E-state index contributed by atoms with van der Waals surface area (Å²) in [4.78, 5) is 11.5. The molecule has 0 atom stereocenters. The SMILES string of the molecule is CCCCCC(=O)NC1(CCl)CCC1. The molecule has 0 radical (unpaired) electrons. The molecule has 0 bridgehead atoms. The lowest BCUT2D eigenvalue weighted by Crippen LogP contribution is -2.54. The predicted molar refractivity (Wildman–Crippen MR) is 59.6 cm³/mol. The third-order valence-corrected chi connectivity index (χ3v) is 3.49. The van der Waals surface area contributed by atoms with Gasteiger partial charge in [0.05, 0.1) is 5.54 Å². The van der Waals surface area contributed by atoms with Crippen molar-refractivity contribution in [3.05, 3.63) is 0 Å². The molecule has 1 rings (SSSR count). The van der Waals surface area contributed by atoms with Gasteiger partial charge >= 0.3 is 0 Å². The van der Waals surface area contributed by atoms with Gasteiger partial charge in [-0.25, -0.2) is 0 Å². The number of carbonyl (C=O) groups is 1. The van der Waals surface area contributed by atoms with E-state index >= 15 is 0 Å². The van der Waals surface area contributed by atoms with E-state index in [1.54, 1.807) is 0 Å². The van der Waals surface area contributed by atoms with Crippen LogP contribution < -0.4 is 5.32 Å². The summed E-state index contributed by atoms with van der Waals surface area (Å²) in [6, 6.07) is 0. The largest absolute Gasteiger partial charge is 0.349 e. The predicted octanol–water partition coefficient (Wildman–Crippen LogP) is 2.84. The lowest BCUT2D eigenvalue weighted by atomic mass is 9.78. The molecule has 1 fully saturated rings. The van der Waals surface area contributed by atoms with Crippen LogP contribution in [0.2, 0.25) is 0 Å². The first-order chi connectivity index (χ1) is 6.72. The van der Waals surface area contributed by atoms with E-state index in [9.17, 15) is 4.79 Å². The zero-order chi connectivity index (χ0) is 10.4. The molecule has 82 valence electrons. The third kappa shape index (κ3) is 3.16. The number of rotatable bonds is 6. The van der Waals surface area contributed by atoms with E-state index in [1.165, 1.54) is 6.42 Å². The summed E-state index contributed by atoms with van der Waals surface area (Å²) >= 11 is 5.85. The normalized spacial score (nSPS) is 18.7. The third-order valence-electron chi connectivity index (χ3n) is 2.98. The van der Waals surface area contributed by atoms with Crippen molar-refractivity contribution < 1.29 is 4.79 Å². The van der Waals surface area contributed by atoms with Gasteiger partial charge in [0.2, 0.25) is 5.91 Å². The molecule has 0 saturated heterocycles. The van der Waals surface area contributed by atoms with Crippen molar-refractivity contribution in [2.45, 2.75) is 57.4 Å². The minimum absolute atomic E-state index is 0.0507. The second-order valence-electron chi connectivity index (χ2n) is 4.27. The van der Waals surface area contributed by atoms with Crippen LogP contribution in [0.4, 0.5) is 0 Å². The van der Waals surface area contributed by atoms with E-state index in [0.717, 1.165) is 32.1 Å². The summed E-state index contributed by atoms with van der Waals surface area (Å²) in [5.74, 6) is 0.741. The number of alkyl halides is 1. The quantitative estimate of drug-likeness (QED) is 0.538. The van der Waals surface area contributed by atoms with Gasteiger partial charge in [-0.3, -0.25) is 4.79 Å². The van der Waals surface area contributed by atoms with E-state index < -0.39 is 0 Å². The maximum Gasteiger partial charge on any atom is 0.220 e. The van der Waals surface area contributed by atoms with Gasteiger partial charge < -0.3 is 5.32 Å². The second-order valence-corrected chi connectivity index (χ2v) is 4.54. The van der Waals surface area contributed by atoms with Gasteiger partial charge in [-0.15, -0.1) is 11.6 Å². The van der Waals surface area contributed by atoms with Gasteiger partial charge in [-0.1, -0.05) is 19.8 Å². The highest BCUT2D eigenvalue weighted by atomic mass is 35.5. The molecule has 0 aromatic heterocycles. The number of halogens is 1. The molecule has 3 heteroatoms. The molecule has 0 heterocycles. The monoisotopic (exact) mass is 217 g/mol. The number of amides is 1. The molecule has 0 aliphatic heterocycles. The molecular formula is C11H20ClNO. The summed E-state index contributed by atoms with van der Waals surface area (Å²) in [7, 11) is 0. The Morgan fingerprint density at radius 1 is 1.43 bits per heavy atom. The molecule has 0 aromatic carbocycles. The van der Waals surface area contributed by atoms with Crippen molar-refractivity contribution in [2.24, 2.45) is 0 Å². The van der Waals surface area contributed by atoms with E-state index in [-0.39, 0.29) is 11.4 Å². The number of hydrogen-bond acceptors (Lipinski definition) is 1. The van der Waals surface area contributed by atoms with Crippen LogP contribution in [0.5, 0.6) is 0 Å². The Morgan fingerprint density at radius 2 is 2.14 bits per heavy atom. The summed E-state index contributed by atoms with van der Waals surface area (Å²) in [6.07, 6.45) is 7.26. The first-order valence-corrected chi connectivity index (χ1v) is 6.13. The molecule has 1 amide bonds. The number of carbonyl (C=O) groups excluding carboxylic acids is 1.